The number of amides is 2. The minimum Gasteiger partial charge on any atom is -0.495 e. The van der Waals surface area contributed by atoms with Crippen molar-refractivity contribution >= 4 is 21.8 Å². The molecule has 174 valence electrons. The Bertz CT molecular complexity index is 884. The van der Waals surface area contributed by atoms with Gasteiger partial charge in [-0.3, -0.25) is 14.5 Å². The summed E-state index contributed by atoms with van der Waals surface area (Å²) < 4.78 is 31.6. The van der Waals surface area contributed by atoms with Gasteiger partial charge >= 0.3 is 0 Å². The second-order valence-corrected chi connectivity index (χ2v) is 9.76. The second-order valence-electron chi connectivity index (χ2n) is 7.64. The van der Waals surface area contributed by atoms with Gasteiger partial charge in [-0.05, 0) is 38.5 Å². The van der Waals surface area contributed by atoms with Crippen LogP contribution in [0.1, 0.15) is 30.6 Å². The predicted octanol–water partition coefficient (Wildman–Crippen LogP) is 0.962. The van der Waals surface area contributed by atoms with E-state index >= 15 is 0 Å². The molecule has 0 N–H and O–H groups in total. The Morgan fingerprint density at radius 3 is 2.32 bits per heavy atom. The highest BCUT2D eigenvalue weighted by atomic mass is 32.2. The molecule has 9 nitrogen and oxygen atoms in total. The van der Waals surface area contributed by atoms with Crippen molar-refractivity contribution in [2.45, 2.75) is 25.2 Å². The lowest BCUT2D eigenvalue weighted by Gasteiger charge is -2.25. The molecule has 1 heterocycles. The molecular weight excluding hydrogens is 420 g/mol. The smallest absolute Gasteiger partial charge is 0.253 e. The fourth-order valence-corrected chi connectivity index (χ4v) is 4.67. The third-order valence-electron chi connectivity index (χ3n) is 5.52. The summed E-state index contributed by atoms with van der Waals surface area (Å²) in [7, 11) is 0.509. The minimum atomic E-state index is -3.76. The molecule has 0 atom stereocenters. The van der Waals surface area contributed by atoms with Crippen LogP contribution < -0.4 is 4.74 Å². The molecule has 0 saturated carbocycles. The van der Waals surface area contributed by atoms with E-state index < -0.39 is 10.0 Å². The van der Waals surface area contributed by atoms with Crippen molar-refractivity contribution < 1.29 is 22.7 Å². The van der Waals surface area contributed by atoms with E-state index in [1.807, 2.05) is 13.8 Å². The zero-order valence-electron chi connectivity index (χ0n) is 19.1. The summed E-state index contributed by atoms with van der Waals surface area (Å²) in [6.07, 6.45) is 0.746. The van der Waals surface area contributed by atoms with Gasteiger partial charge in [0.2, 0.25) is 15.9 Å². The molecule has 0 aliphatic carbocycles. The van der Waals surface area contributed by atoms with Crippen molar-refractivity contribution in [3.8, 4) is 5.75 Å². The molecule has 1 aromatic carbocycles. The maximum Gasteiger partial charge on any atom is 0.253 e. The van der Waals surface area contributed by atoms with Gasteiger partial charge in [0.1, 0.15) is 10.6 Å². The molecule has 0 unspecified atom stereocenters. The highest BCUT2D eigenvalue weighted by Crippen LogP contribution is 2.27. The third kappa shape index (κ3) is 5.96. The number of benzene rings is 1. The second kappa shape index (κ2) is 10.9. The number of sulfonamides is 1. The van der Waals surface area contributed by atoms with Crippen molar-refractivity contribution in [1.29, 1.82) is 0 Å². The van der Waals surface area contributed by atoms with E-state index in [1.54, 1.807) is 15.9 Å². The number of carbonyl (C=O) groups excluding carboxylic acids is 2. The minimum absolute atomic E-state index is 0.0351. The topological polar surface area (TPSA) is 90.5 Å². The van der Waals surface area contributed by atoms with Gasteiger partial charge < -0.3 is 14.5 Å². The van der Waals surface area contributed by atoms with E-state index in [2.05, 4.69) is 4.90 Å². The first-order valence-corrected chi connectivity index (χ1v) is 12.0. The number of rotatable bonds is 8. The zero-order valence-corrected chi connectivity index (χ0v) is 19.9. The Balaban J connectivity index is 2.15. The summed E-state index contributed by atoms with van der Waals surface area (Å²) in [5.74, 6) is 0.0652. The number of nitrogens with zero attached hydrogens (tertiary/aromatic N) is 4. The molecule has 0 bridgehead atoms. The zero-order chi connectivity index (χ0) is 23.2. The van der Waals surface area contributed by atoms with Crippen LogP contribution in [0.2, 0.25) is 0 Å². The monoisotopic (exact) mass is 454 g/mol. The molecule has 0 radical (unpaired) electrons. The molecule has 31 heavy (non-hydrogen) atoms. The van der Waals surface area contributed by atoms with Gasteiger partial charge in [-0.15, -0.1) is 0 Å². The maximum atomic E-state index is 13.1. The van der Waals surface area contributed by atoms with Crippen LogP contribution in [-0.2, 0) is 14.8 Å². The van der Waals surface area contributed by atoms with Gasteiger partial charge in [-0.1, -0.05) is 0 Å². The summed E-state index contributed by atoms with van der Waals surface area (Å²) in [5, 5.41) is 0. The van der Waals surface area contributed by atoms with E-state index in [4.69, 9.17) is 4.74 Å². The largest absolute Gasteiger partial charge is 0.495 e. The molecule has 1 aromatic rings. The summed E-state index contributed by atoms with van der Waals surface area (Å²) >= 11 is 0. The van der Waals surface area contributed by atoms with E-state index in [9.17, 15) is 18.0 Å². The Labute approximate surface area is 185 Å². The van der Waals surface area contributed by atoms with E-state index in [0.717, 1.165) is 17.3 Å². The summed E-state index contributed by atoms with van der Waals surface area (Å²) in [4.78, 5) is 31.1. The Kier molecular flexibility index (Phi) is 8.84. The summed E-state index contributed by atoms with van der Waals surface area (Å²) in [6, 6.07) is 4.47. The number of ether oxygens (including phenoxy) is 1. The van der Waals surface area contributed by atoms with Crippen molar-refractivity contribution in [3.63, 3.8) is 0 Å². The lowest BCUT2D eigenvalue weighted by molar-refractivity contribution is -0.132. The van der Waals surface area contributed by atoms with Crippen molar-refractivity contribution in [2.75, 3.05) is 67.0 Å². The number of hydrogen-bond donors (Lipinski definition) is 0. The Morgan fingerprint density at radius 2 is 1.74 bits per heavy atom. The molecular formula is C21H34N4O5S. The first-order valence-electron chi connectivity index (χ1n) is 10.6. The quantitative estimate of drug-likeness (QED) is 0.581. The number of carbonyl (C=O) groups is 2. The van der Waals surface area contributed by atoms with Crippen LogP contribution in [0.25, 0.3) is 0 Å². The van der Waals surface area contributed by atoms with Crippen LogP contribution in [0.15, 0.2) is 23.1 Å². The molecule has 1 aliphatic heterocycles. The van der Waals surface area contributed by atoms with Crippen molar-refractivity contribution in [1.82, 2.24) is 19.0 Å². The molecule has 1 fully saturated rings. The van der Waals surface area contributed by atoms with Gasteiger partial charge in [0.25, 0.3) is 5.91 Å². The van der Waals surface area contributed by atoms with Crippen LogP contribution in [-0.4, -0.2) is 106 Å². The number of methoxy groups -OCH3 is 1. The van der Waals surface area contributed by atoms with Crippen LogP contribution in [0, 0.1) is 0 Å². The van der Waals surface area contributed by atoms with Gasteiger partial charge in [0.15, 0.2) is 0 Å². The van der Waals surface area contributed by atoms with Gasteiger partial charge in [-0.25, -0.2) is 12.7 Å². The lowest BCUT2D eigenvalue weighted by atomic mass is 10.2. The van der Waals surface area contributed by atoms with Gasteiger partial charge in [-0.2, -0.15) is 0 Å². The van der Waals surface area contributed by atoms with E-state index in [-0.39, 0.29) is 22.5 Å². The fraction of sp³-hybridized carbons (Fsp3) is 0.619. The van der Waals surface area contributed by atoms with Crippen molar-refractivity contribution in [2.24, 2.45) is 0 Å². The van der Waals surface area contributed by atoms with Gasteiger partial charge in [0.05, 0.1) is 13.7 Å². The highest BCUT2D eigenvalue weighted by Gasteiger charge is 2.27. The predicted molar refractivity (Wildman–Crippen MR) is 119 cm³/mol. The number of hydrogen-bond acceptors (Lipinski definition) is 6. The maximum absolute atomic E-state index is 13.1. The van der Waals surface area contributed by atoms with Crippen LogP contribution in [0.4, 0.5) is 0 Å². The van der Waals surface area contributed by atoms with E-state index in [0.29, 0.717) is 44.8 Å². The SMILES string of the molecule is CCN(CC)C(=O)CN1CCCN(C(=O)c2ccc(OC)c(S(=O)(=O)N(C)C)c2)CC1. The average Bonchev–Trinajstić information content (AvgIpc) is 2.99. The first kappa shape index (κ1) is 25.1. The normalized spacial score (nSPS) is 15.6. The molecule has 2 amide bonds. The van der Waals surface area contributed by atoms with Crippen LogP contribution in [0.3, 0.4) is 0 Å². The summed E-state index contributed by atoms with van der Waals surface area (Å²) in [5.41, 5.74) is 0.300. The van der Waals surface area contributed by atoms with Gasteiger partial charge in [0, 0.05) is 58.9 Å². The van der Waals surface area contributed by atoms with Crippen LogP contribution >= 0.6 is 0 Å². The highest BCUT2D eigenvalue weighted by molar-refractivity contribution is 7.89. The molecule has 0 aromatic heterocycles. The standard InChI is InChI=1S/C21H34N4O5S/c1-6-24(7-2)20(26)16-23-11-8-12-25(14-13-23)21(27)17-9-10-18(30-5)19(15-17)31(28,29)22(3)4/h9-10,15H,6-8,11-14,16H2,1-5H3. The average molecular weight is 455 g/mol. The number of likely N-dealkylation sites (N-methyl/N-ethyl adjacent to an activating group) is 1. The fourth-order valence-electron chi connectivity index (χ4n) is 3.59. The van der Waals surface area contributed by atoms with Crippen LogP contribution in [0.5, 0.6) is 5.75 Å². The molecule has 2 rings (SSSR count). The lowest BCUT2D eigenvalue weighted by Crippen LogP contribution is -2.42. The van der Waals surface area contributed by atoms with E-state index in [1.165, 1.54) is 33.3 Å². The first-order chi connectivity index (χ1) is 14.6. The molecule has 0 spiro atoms. The Morgan fingerprint density at radius 1 is 1.06 bits per heavy atom. The molecule has 1 aliphatic rings. The third-order valence-corrected chi connectivity index (χ3v) is 7.36. The van der Waals surface area contributed by atoms with Crippen molar-refractivity contribution in [3.05, 3.63) is 23.8 Å². The molecule has 1 saturated heterocycles. The Hall–Kier alpha value is -2.17. The summed E-state index contributed by atoms with van der Waals surface area (Å²) in [6.45, 7) is 8.00. The molecule has 10 heteroatoms.